The average Bonchev–Trinajstić information content (AvgIpc) is 2.81. The lowest BCUT2D eigenvalue weighted by Gasteiger charge is -2.14. The minimum absolute atomic E-state index is 0.275. The maximum Gasteiger partial charge on any atom is 0.234 e. The molecule has 0 spiro atoms. The quantitative estimate of drug-likeness (QED) is 0.863. The highest BCUT2D eigenvalue weighted by atomic mass is 32.1. The molecule has 2 aromatic heterocycles. The Kier molecular flexibility index (Phi) is 3.70. The van der Waals surface area contributed by atoms with Gasteiger partial charge in [0.25, 0.3) is 0 Å². The number of nitrogens with two attached hydrogens (primary N) is 1. The summed E-state index contributed by atoms with van der Waals surface area (Å²) in [6.07, 6.45) is 0. The number of nitrogens with zero attached hydrogens (tertiary/aromatic N) is 4. The van der Waals surface area contributed by atoms with Gasteiger partial charge in [-0.25, -0.2) is 0 Å². The Morgan fingerprint density at radius 3 is 2.76 bits per heavy atom. The minimum Gasteiger partial charge on any atom is -0.377 e. The molecule has 0 aliphatic carbocycles. The highest BCUT2D eigenvalue weighted by Crippen LogP contribution is 2.27. The van der Waals surface area contributed by atoms with Crippen LogP contribution >= 0.6 is 11.3 Å². The molecule has 0 fully saturated rings. The van der Waals surface area contributed by atoms with Crippen LogP contribution in [0.25, 0.3) is 4.96 Å². The third-order valence-corrected chi connectivity index (χ3v) is 3.75. The van der Waals surface area contributed by atoms with Crippen LogP contribution in [-0.2, 0) is 11.3 Å². The van der Waals surface area contributed by atoms with Crippen LogP contribution in [0.3, 0.4) is 0 Å². The molecule has 17 heavy (non-hydrogen) atoms. The number of hydrogen-bond acceptors (Lipinski definition) is 6. The second-order valence-corrected chi connectivity index (χ2v) is 5.26. The molecular weight excluding hydrogens is 238 g/mol. The molecule has 0 saturated carbocycles. The first-order valence-corrected chi connectivity index (χ1v) is 6.39. The molecular formula is C10H17N5OS. The Morgan fingerprint density at radius 2 is 2.18 bits per heavy atom. The lowest BCUT2D eigenvalue weighted by atomic mass is 9.97. The molecule has 0 aliphatic heterocycles. The van der Waals surface area contributed by atoms with E-state index in [1.807, 2.05) is 0 Å². The second-order valence-electron chi connectivity index (χ2n) is 4.27. The Balaban J connectivity index is 2.37. The number of ether oxygens (including phenoxy) is 1. The van der Waals surface area contributed by atoms with Crippen LogP contribution in [0.15, 0.2) is 0 Å². The van der Waals surface area contributed by atoms with Crippen molar-refractivity contribution >= 4 is 16.3 Å². The van der Waals surface area contributed by atoms with Gasteiger partial charge >= 0.3 is 0 Å². The molecule has 2 rings (SSSR count). The number of aromatic nitrogens is 4. The fourth-order valence-corrected chi connectivity index (χ4v) is 2.84. The predicted molar refractivity (Wildman–Crippen MR) is 66.0 cm³/mol. The van der Waals surface area contributed by atoms with Crippen molar-refractivity contribution in [3.8, 4) is 0 Å². The third-order valence-electron chi connectivity index (χ3n) is 2.72. The van der Waals surface area contributed by atoms with E-state index in [4.69, 9.17) is 10.5 Å². The van der Waals surface area contributed by atoms with Gasteiger partial charge in [-0.3, -0.25) is 0 Å². The Morgan fingerprint density at radius 1 is 1.41 bits per heavy atom. The number of hydrogen-bond donors (Lipinski definition) is 1. The van der Waals surface area contributed by atoms with Crippen molar-refractivity contribution in [3.05, 3.63) is 10.8 Å². The zero-order chi connectivity index (χ0) is 12.4. The van der Waals surface area contributed by atoms with E-state index in [-0.39, 0.29) is 5.92 Å². The molecule has 2 aromatic rings. The maximum absolute atomic E-state index is 5.79. The minimum atomic E-state index is 0.275. The number of rotatable bonds is 5. The van der Waals surface area contributed by atoms with Crippen molar-refractivity contribution in [3.63, 3.8) is 0 Å². The van der Waals surface area contributed by atoms with Crippen molar-refractivity contribution < 1.29 is 4.74 Å². The fourth-order valence-electron chi connectivity index (χ4n) is 1.70. The topological polar surface area (TPSA) is 78.3 Å². The van der Waals surface area contributed by atoms with E-state index >= 15 is 0 Å². The molecule has 1 unspecified atom stereocenters. The molecule has 0 saturated heterocycles. The summed E-state index contributed by atoms with van der Waals surface area (Å²) in [5.41, 5.74) is 5.79. The van der Waals surface area contributed by atoms with Crippen LogP contribution in [0.4, 0.5) is 0 Å². The van der Waals surface area contributed by atoms with Crippen molar-refractivity contribution in [2.45, 2.75) is 26.4 Å². The van der Waals surface area contributed by atoms with Gasteiger partial charge in [-0.1, -0.05) is 25.2 Å². The van der Waals surface area contributed by atoms with Gasteiger partial charge in [0.15, 0.2) is 5.82 Å². The first-order valence-electron chi connectivity index (χ1n) is 5.57. The van der Waals surface area contributed by atoms with Gasteiger partial charge in [-0.05, 0) is 5.92 Å². The Labute approximate surface area is 104 Å². The maximum atomic E-state index is 5.79. The summed E-state index contributed by atoms with van der Waals surface area (Å²) in [5.74, 6) is 1.47. The third kappa shape index (κ3) is 2.31. The lowest BCUT2D eigenvalue weighted by molar-refractivity contribution is 0.176. The highest BCUT2D eigenvalue weighted by Gasteiger charge is 2.20. The first kappa shape index (κ1) is 12.4. The zero-order valence-corrected chi connectivity index (χ0v) is 11.1. The van der Waals surface area contributed by atoms with Gasteiger partial charge in [0.1, 0.15) is 11.6 Å². The van der Waals surface area contributed by atoms with E-state index in [1.165, 1.54) is 0 Å². The van der Waals surface area contributed by atoms with Gasteiger partial charge in [0.05, 0.1) is 0 Å². The van der Waals surface area contributed by atoms with Gasteiger partial charge in [0.2, 0.25) is 4.96 Å². The molecule has 0 amide bonds. The summed E-state index contributed by atoms with van der Waals surface area (Å²) in [5, 5.41) is 13.7. The van der Waals surface area contributed by atoms with Gasteiger partial charge in [-0.15, -0.1) is 10.2 Å². The Bertz CT molecular complexity index is 492. The van der Waals surface area contributed by atoms with Crippen molar-refractivity contribution in [1.29, 1.82) is 0 Å². The summed E-state index contributed by atoms with van der Waals surface area (Å²) in [6.45, 7) is 5.31. The van der Waals surface area contributed by atoms with Crippen LogP contribution in [0.5, 0.6) is 0 Å². The molecule has 0 bridgehead atoms. The van der Waals surface area contributed by atoms with E-state index in [2.05, 4.69) is 29.1 Å². The van der Waals surface area contributed by atoms with Crippen molar-refractivity contribution in [2.75, 3.05) is 13.7 Å². The molecule has 0 aliphatic rings. The average molecular weight is 255 g/mol. The van der Waals surface area contributed by atoms with E-state index in [0.717, 1.165) is 15.8 Å². The van der Waals surface area contributed by atoms with Crippen molar-refractivity contribution in [1.82, 2.24) is 19.8 Å². The van der Waals surface area contributed by atoms with Gasteiger partial charge < -0.3 is 10.5 Å². The summed E-state index contributed by atoms with van der Waals surface area (Å²) in [6, 6.07) is 0. The summed E-state index contributed by atoms with van der Waals surface area (Å²) in [7, 11) is 1.63. The smallest absolute Gasteiger partial charge is 0.234 e. The first-order chi connectivity index (χ1) is 8.17. The summed E-state index contributed by atoms with van der Waals surface area (Å²) < 4.78 is 6.80. The van der Waals surface area contributed by atoms with E-state index in [1.54, 1.807) is 23.0 Å². The monoisotopic (exact) mass is 255 g/mol. The molecule has 0 radical (unpaired) electrons. The number of methoxy groups -OCH3 is 1. The lowest BCUT2D eigenvalue weighted by Crippen LogP contribution is -2.18. The summed E-state index contributed by atoms with van der Waals surface area (Å²) >= 11 is 1.55. The highest BCUT2D eigenvalue weighted by molar-refractivity contribution is 7.16. The predicted octanol–water partition coefficient (Wildman–Crippen LogP) is 1.03. The van der Waals surface area contributed by atoms with Crippen LogP contribution in [0.2, 0.25) is 0 Å². The fraction of sp³-hybridized carbons (Fsp3) is 0.700. The van der Waals surface area contributed by atoms with Crippen molar-refractivity contribution in [2.24, 2.45) is 11.7 Å². The van der Waals surface area contributed by atoms with Crippen LogP contribution in [0, 0.1) is 5.92 Å². The van der Waals surface area contributed by atoms with E-state index in [9.17, 15) is 0 Å². The molecule has 0 aromatic carbocycles. The molecule has 6 nitrogen and oxygen atoms in total. The van der Waals surface area contributed by atoms with Crippen LogP contribution in [0.1, 0.15) is 30.6 Å². The van der Waals surface area contributed by atoms with Crippen LogP contribution < -0.4 is 5.73 Å². The Hall–Kier alpha value is -1.05. The molecule has 7 heteroatoms. The largest absolute Gasteiger partial charge is 0.377 e. The second kappa shape index (κ2) is 5.07. The number of fused-ring (bicyclic) bond motifs is 1. The van der Waals surface area contributed by atoms with Crippen LogP contribution in [-0.4, -0.2) is 33.5 Å². The zero-order valence-electron chi connectivity index (χ0n) is 10.3. The van der Waals surface area contributed by atoms with E-state index < -0.39 is 0 Å². The summed E-state index contributed by atoms with van der Waals surface area (Å²) in [4.78, 5) is 0.797. The SMILES string of the molecule is COCc1nnc2sc(C(CN)C(C)C)nn12. The molecule has 2 heterocycles. The standard InChI is InChI=1S/C10H17N5OS/c1-6(2)7(4-11)9-14-15-8(5-16-3)12-13-10(15)17-9/h6-7H,4-5,11H2,1-3H3. The molecule has 1 atom stereocenters. The van der Waals surface area contributed by atoms with E-state index in [0.29, 0.717) is 19.1 Å². The molecule has 2 N–H and O–H groups in total. The van der Waals surface area contributed by atoms with Gasteiger partial charge in [-0.2, -0.15) is 9.61 Å². The molecule has 94 valence electrons. The van der Waals surface area contributed by atoms with Gasteiger partial charge in [0, 0.05) is 19.6 Å². The normalized spacial score (nSPS) is 13.7.